The quantitative estimate of drug-likeness (QED) is 0.0500. The minimum atomic E-state index is -3.80. The van der Waals surface area contributed by atoms with Crippen LogP contribution < -0.4 is 10.2 Å². The molecule has 6 rings (SSSR count). The van der Waals surface area contributed by atoms with E-state index < -0.39 is 113 Å². The second kappa shape index (κ2) is 12.9. The van der Waals surface area contributed by atoms with Gasteiger partial charge in [0.15, 0.2) is 16.9 Å². The normalized spacial score (nSPS) is 32.5. The first kappa shape index (κ1) is 36.7. The average molecular weight is 735 g/mol. The van der Waals surface area contributed by atoms with Crippen molar-refractivity contribution in [3.05, 3.63) is 46.1 Å². The van der Waals surface area contributed by atoms with Crippen molar-refractivity contribution in [3.8, 4) is 46.2 Å². The van der Waals surface area contributed by atoms with E-state index in [2.05, 4.69) is 5.92 Å². The Balaban J connectivity index is 1.39. The summed E-state index contributed by atoms with van der Waals surface area (Å²) in [6.45, 7) is -0.395. The lowest BCUT2D eigenvalue weighted by Gasteiger charge is -2.48. The molecule has 0 amide bonds. The van der Waals surface area contributed by atoms with Crippen LogP contribution in [0.1, 0.15) is 12.0 Å². The van der Waals surface area contributed by atoms with E-state index in [0.717, 1.165) is 24.3 Å². The van der Waals surface area contributed by atoms with Crippen LogP contribution in [0.2, 0.25) is 0 Å². The zero-order chi connectivity index (χ0) is 38.1. The van der Waals surface area contributed by atoms with Crippen LogP contribution >= 0.6 is 0 Å². The molecule has 3 aliphatic rings. The van der Waals surface area contributed by atoms with Crippen molar-refractivity contribution in [3.63, 3.8) is 0 Å². The third kappa shape index (κ3) is 5.56. The molecule has 9 atom stereocenters. The smallest absolute Gasteiger partial charge is 0.354 e. The molecule has 0 radical (unpaired) electrons. The zero-order valence-electron chi connectivity index (χ0n) is 26.2. The number of esters is 1. The number of hydrogen-bond donors (Lipinski definition) is 12. The van der Waals surface area contributed by atoms with E-state index in [9.17, 15) is 75.7 Å². The summed E-state index contributed by atoms with van der Waals surface area (Å²) in [5.74, 6) is -6.26. The summed E-state index contributed by atoms with van der Waals surface area (Å²) < 4.78 is 27.0. The number of hydrogen-bond acceptors (Lipinski definition) is 19. The van der Waals surface area contributed by atoms with Gasteiger partial charge in [0.2, 0.25) is 24.0 Å². The number of carboxylic acids is 1. The minimum Gasteiger partial charge on any atom is -0.507 e. The number of aliphatic carboxylic acids is 1. The second-order valence-corrected chi connectivity index (χ2v) is 12.2. The predicted octanol–water partition coefficient (Wildman–Crippen LogP) is -3.80. The number of aliphatic hydroxyl groups excluding tert-OH is 6. The number of fused-ring (bicyclic) bond motifs is 3. The molecule has 20 heteroatoms. The van der Waals surface area contributed by atoms with E-state index in [1.807, 2.05) is 5.92 Å². The first-order valence-corrected chi connectivity index (χ1v) is 15.2. The van der Waals surface area contributed by atoms with E-state index in [-0.39, 0.29) is 34.3 Å². The molecule has 2 bridgehead atoms. The fourth-order valence-electron chi connectivity index (χ4n) is 6.08. The van der Waals surface area contributed by atoms with Gasteiger partial charge in [0.1, 0.15) is 58.7 Å². The standard InChI is InChI=1S/C32H30O20/c33-5-2-11-6-12(7-16(36)20(11)37)17-10-15(35)19-14(34)8-13(9-18(19)49-17)48-26-22(39)21(38)24(41)30(51-26)3-1-4-31(28(43)44)32(46,47)25(42)23(40)27(52-31)50-29(30)45/h6-10,21-27,33-34,36-42,46-47H,2-3,5H2,(H,43,44). The topological polar surface area (TPSA) is 344 Å². The maximum Gasteiger partial charge on any atom is 0.354 e. The van der Waals surface area contributed by atoms with Gasteiger partial charge in [-0.2, -0.15) is 0 Å². The predicted molar refractivity (Wildman–Crippen MR) is 163 cm³/mol. The lowest BCUT2D eigenvalue weighted by atomic mass is 9.82. The number of ether oxygens (including phenoxy) is 4. The van der Waals surface area contributed by atoms with Crippen molar-refractivity contribution in [1.29, 1.82) is 0 Å². The van der Waals surface area contributed by atoms with E-state index in [1.54, 1.807) is 0 Å². The Morgan fingerprint density at radius 3 is 2.29 bits per heavy atom. The molecule has 2 aromatic carbocycles. The fourth-order valence-corrected chi connectivity index (χ4v) is 6.08. The Morgan fingerprint density at radius 2 is 1.62 bits per heavy atom. The van der Waals surface area contributed by atoms with E-state index in [1.165, 1.54) is 6.07 Å². The van der Waals surface area contributed by atoms with Crippen LogP contribution in [0.15, 0.2) is 39.5 Å². The van der Waals surface area contributed by atoms with Gasteiger partial charge in [-0.1, -0.05) is 5.92 Å². The second-order valence-electron chi connectivity index (χ2n) is 12.2. The molecule has 1 aromatic heterocycles. The van der Waals surface area contributed by atoms with Crippen LogP contribution in [0.4, 0.5) is 0 Å². The summed E-state index contributed by atoms with van der Waals surface area (Å²) in [6, 6.07) is 5.24. The summed E-state index contributed by atoms with van der Waals surface area (Å²) in [6.07, 6.45) is -18.1. The number of carboxylic acid groups (broad SMARTS) is 1. The van der Waals surface area contributed by atoms with Crippen LogP contribution in [-0.4, -0.2) is 140 Å². The third-order valence-corrected chi connectivity index (χ3v) is 8.94. The van der Waals surface area contributed by atoms with Gasteiger partial charge in [-0.05, 0) is 24.5 Å². The molecule has 278 valence electrons. The van der Waals surface area contributed by atoms with Gasteiger partial charge in [-0.3, -0.25) is 4.79 Å². The molecular weight excluding hydrogens is 704 g/mol. The van der Waals surface area contributed by atoms with Gasteiger partial charge in [0.25, 0.3) is 5.60 Å². The van der Waals surface area contributed by atoms with Gasteiger partial charge in [0.05, 0.1) is 6.42 Å². The third-order valence-electron chi connectivity index (χ3n) is 8.94. The number of phenolic OH excluding ortho intramolecular Hbond substituents is 3. The Hall–Kier alpha value is -5.05. The number of phenols is 3. The number of carbonyl (C=O) groups is 2. The average Bonchev–Trinajstić information content (AvgIpc) is 3.13. The zero-order valence-corrected chi connectivity index (χ0v) is 26.2. The molecule has 2 fully saturated rings. The van der Waals surface area contributed by atoms with Crippen LogP contribution in [0, 0.1) is 11.8 Å². The van der Waals surface area contributed by atoms with Crippen LogP contribution in [0.5, 0.6) is 23.0 Å². The molecular formula is C32H30O20. The SMILES string of the molecule is O=C1OC2OC(C(=O)O)(C#CCC13OC(Oc1cc(O)c4c(=O)cc(-c5cc(O)c(O)c(CCO)c5)oc4c1)C(O)C(O)C3O)C(O)(O)C(O)C2O. The van der Waals surface area contributed by atoms with Crippen molar-refractivity contribution in [2.75, 3.05) is 6.61 Å². The number of rotatable bonds is 6. The van der Waals surface area contributed by atoms with Crippen molar-refractivity contribution in [1.82, 2.24) is 0 Å². The monoisotopic (exact) mass is 734 g/mol. The molecule has 0 saturated carbocycles. The van der Waals surface area contributed by atoms with Crippen molar-refractivity contribution < 1.29 is 94.2 Å². The highest BCUT2D eigenvalue weighted by Gasteiger charge is 2.70. The number of aliphatic hydroxyl groups is 8. The molecule has 52 heavy (non-hydrogen) atoms. The van der Waals surface area contributed by atoms with Crippen LogP contribution in [-0.2, 0) is 30.2 Å². The summed E-state index contributed by atoms with van der Waals surface area (Å²) in [4.78, 5) is 38.8. The lowest BCUT2D eigenvalue weighted by molar-refractivity contribution is -0.393. The molecule has 12 N–H and O–H groups in total. The Morgan fingerprint density at radius 1 is 0.904 bits per heavy atom. The van der Waals surface area contributed by atoms with Gasteiger partial charge in [-0.25, -0.2) is 9.59 Å². The molecule has 4 heterocycles. The van der Waals surface area contributed by atoms with Gasteiger partial charge < -0.3 is 84.6 Å². The molecule has 3 aliphatic heterocycles. The number of benzene rings is 2. The highest BCUT2D eigenvalue weighted by atomic mass is 16.8. The first-order chi connectivity index (χ1) is 24.4. The molecule has 9 unspecified atom stereocenters. The van der Waals surface area contributed by atoms with E-state index in [4.69, 9.17) is 23.4 Å². The maximum atomic E-state index is 13.6. The van der Waals surface area contributed by atoms with E-state index in [0.29, 0.717) is 0 Å². The highest BCUT2D eigenvalue weighted by Crippen LogP contribution is 2.42. The van der Waals surface area contributed by atoms with Crippen molar-refractivity contribution in [2.24, 2.45) is 0 Å². The van der Waals surface area contributed by atoms with Crippen molar-refractivity contribution >= 4 is 22.9 Å². The van der Waals surface area contributed by atoms with Gasteiger partial charge in [-0.15, -0.1) is 0 Å². The first-order valence-electron chi connectivity index (χ1n) is 15.2. The summed E-state index contributed by atoms with van der Waals surface area (Å²) in [7, 11) is 0. The minimum absolute atomic E-state index is 0.0731. The Kier molecular flexibility index (Phi) is 9.09. The molecule has 0 aliphatic carbocycles. The van der Waals surface area contributed by atoms with Crippen LogP contribution in [0.3, 0.4) is 0 Å². The largest absolute Gasteiger partial charge is 0.507 e. The highest BCUT2D eigenvalue weighted by molar-refractivity contribution is 5.87. The molecule has 2 saturated heterocycles. The number of carbonyl (C=O) groups excluding carboxylic acids is 1. The molecule has 20 nitrogen and oxygen atoms in total. The Labute approximate surface area is 289 Å². The summed E-state index contributed by atoms with van der Waals surface area (Å²) in [5.41, 5.74) is -7.30. The molecule has 1 spiro atoms. The van der Waals surface area contributed by atoms with E-state index >= 15 is 0 Å². The number of aromatic hydroxyl groups is 3. The maximum absolute atomic E-state index is 13.6. The van der Waals surface area contributed by atoms with Gasteiger partial charge >= 0.3 is 11.9 Å². The fraction of sp³-hybridized carbons (Fsp3) is 0.406. The summed E-state index contributed by atoms with van der Waals surface area (Å²) in [5, 5.41) is 124. The van der Waals surface area contributed by atoms with Gasteiger partial charge in [0, 0.05) is 35.9 Å². The molecule has 3 aromatic rings. The Bertz CT molecular complexity index is 2060. The van der Waals surface area contributed by atoms with Crippen molar-refractivity contribution in [2.45, 2.75) is 72.9 Å². The lowest BCUT2D eigenvalue weighted by Crippen LogP contribution is -2.75. The van der Waals surface area contributed by atoms with Crippen LogP contribution in [0.25, 0.3) is 22.3 Å². The summed E-state index contributed by atoms with van der Waals surface area (Å²) >= 11 is 0.